The van der Waals surface area contributed by atoms with Crippen molar-refractivity contribution in [3.05, 3.63) is 35.9 Å². The minimum Gasteiger partial charge on any atom is -0.339 e. The molecule has 126 valence electrons. The number of rotatable bonds is 3. The molecule has 23 heavy (non-hydrogen) atoms. The Morgan fingerprint density at radius 3 is 2.57 bits per heavy atom. The van der Waals surface area contributed by atoms with Crippen molar-refractivity contribution in [2.75, 3.05) is 19.6 Å². The molecule has 2 aliphatic rings. The smallest absolute Gasteiger partial charge is 0.225 e. The van der Waals surface area contributed by atoms with Crippen LogP contribution < -0.4 is 5.73 Å². The number of hydrogen-bond donors (Lipinski definition) is 1. The van der Waals surface area contributed by atoms with Crippen LogP contribution in [0.4, 0.5) is 0 Å². The molecule has 0 spiro atoms. The zero-order chi connectivity index (χ0) is 16.4. The SMILES string of the molecule is CC1(C)CN(C(=O)C2CCC(N)C2)CCN1Cc1ccccc1. The summed E-state index contributed by atoms with van der Waals surface area (Å²) >= 11 is 0. The van der Waals surface area contributed by atoms with Gasteiger partial charge in [0.15, 0.2) is 0 Å². The molecule has 1 aromatic carbocycles. The van der Waals surface area contributed by atoms with Gasteiger partial charge in [-0.05, 0) is 38.7 Å². The number of benzene rings is 1. The summed E-state index contributed by atoms with van der Waals surface area (Å²) in [7, 11) is 0. The summed E-state index contributed by atoms with van der Waals surface area (Å²) in [6, 6.07) is 10.8. The van der Waals surface area contributed by atoms with E-state index in [0.29, 0.717) is 5.91 Å². The Kier molecular flexibility index (Phi) is 4.74. The lowest BCUT2D eigenvalue weighted by Crippen LogP contribution is -2.60. The number of hydrogen-bond acceptors (Lipinski definition) is 3. The van der Waals surface area contributed by atoms with Gasteiger partial charge in [0.25, 0.3) is 0 Å². The molecule has 4 heteroatoms. The van der Waals surface area contributed by atoms with E-state index in [2.05, 4.69) is 54.0 Å². The number of carbonyl (C=O) groups excluding carboxylic acids is 1. The molecule has 1 aliphatic heterocycles. The van der Waals surface area contributed by atoms with Gasteiger partial charge in [-0.1, -0.05) is 30.3 Å². The molecule has 1 amide bonds. The predicted molar refractivity (Wildman–Crippen MR) is 92.8 cm³/mol. The zero-order valence-electron chi connectivity index (χ0n) is 14.4. The molecular weight excluding hydrogens is 286 g/mol. The maximum absolute atomic E-state index is 12.8. The van der Waals surface area contributed by atoms with Crippen LogP contribution in [0.25, 0.3) is 0 Å². The molecule has 1 aromatic rings. The van der Waals surface area contributed by atoms with E-state index in [1.165, 1.54) is 5.56 Å². The molecule has 1 aliphatic carbocycles. The van der Waals surface area contributed by atoms with Gasteiger partial charge in [0, 0.05) is 43.7 Å². The van der Waals surface area contributed by atoms with Crippen molar-refractivity contribution in [2.45, 2.75) is 51.2 Å². The van der Waals surface area contributed by atoms with Crippen LogP contribution in [0.5, 0.6) is 0 Å². The van der Waals surface area contributed by atoms with Gasteiger partial charge < -0.3 is 10.6 Å². The number of piperazine rings is 1. The zero-order valence-corrected chi connectivity index (χ0v) is 14.4. The lowest BCUT2D eigenvalue weighted by molar-refractivity contribution is -0.140. The molecule has 0 aromatic heterocycles. The summed E-state index contributed by atoms with van der Waals surface area (Å²) in [4.78, 5) is 17.3. The van der Waals surface area contributed by atoms with Gasteiger partial charge in [-0.3, -0.25) is 9.69 Å². The Morgan fingerprint density at radius 2 is 1.96 bits per heavy atom. The summed E-state index contributed by atoms with van der Waals surface area (Å²) in [6.07, 6.45) is 2.82. The molecular formula is C19H29N3O. The van der Waals surface area contributed by atoms with Crippen LogP contribution in [-0.2, 0) is 11.3 Å². The first-order valence-electron chi connectivity index (χ1n) is 8.79. The van der Waals surface area contributed by atoms with E-state index in [1.54, 1.807) is 0 Å². The van der Waals surface area contributed by atoms with Gasteiger partial charge in [0.1, 0.15) is 0 Å². The van der Waals surface area contributed by atoms with Crippen molar-refractivity contribution in [1.82, 2.24) is 9.80 Å². The third-order valence-corrected chi connectivity index (χ3v) is 5.42. The number of nitrogens with two attached hydrogens (primary N) is 1. The van der Waals surface area contributed by atoms with E-state index in [4.69, 9.17) is 5.73 Å². The fourth-order valence-electron chi connectivity index (χ4n) is 3.97. The molecule has 0 radical (unpaired) electrons. The summed E-state index contributed by atoms with van der Waals surface area (Å²) < 4.78 is 0. The molecule has 3 rings (SSSR count). The summed E-state index contributed by atoms with van der Waals surface area (Å²) in [5.74, 6) is 0.479. The minimum atomic E-state index is 0.00444. The van der Waals surface area contributed by atoms with Gasteiger partial charge in [0.05, 0.1) is 0 Å². The molecule has 1 saturated heterocycles. The molecule has 2 N–H and O–H groups in total. The first-order valence-corrected chi connectivity index (χ1v) is 8.79. The Labute approximate surface area is 139 Å². The largest absolute Gasteiger partial charge is 0.339 e. The van der Waals surface area contributed by atoms with Gasteiger partial charge in [-0.2, -0.15) is 0 Å². The third kappa shape index (κ3) is 3.75. The monoisotopic (exact) mass is 315 g/mol. The highest BCUT2D eigenvalue weighted by Crippen LogP contribution is 2.29. The predicted octanol–water partition coefficient (Wildman–Crippen LogP) is 2.24. The number of carbonyl (C=O) groups is 1. The lowest BCUT2D eigenvalue weighted by Gasteiger charge is -2.47. The second-order valence-electron chi connectivity index (χ2n) is 7.75. The van der Waals surface area contributed by atoms with Crippen molar-refractivity contribution in [3.8, 4) is 0 Å². The highest BCUT2D eigenvalue weighted by molar-refractivity contribution is 5.79. The second-order valence-corrected chi connectivity index (χ2v) is 7.75. The van der Waals surface area contributed by atoms with E-state index >= 15 is 0 Å². The van der Waals surface area contributed by atoms with Gasteiger partial charge in [-0.25, -0.2) is 0 Å². The second kappa shape index (κ2) is 6.62. The van der Waals surface area contributed by atoms with Gasteiger partial charge in [-0.15, -0.1) is 0 Å². The molecule has 2 atom stereocenters. The van der Waals surface area contributed by atoms with Crippen LogP contribution in [0.1, 0.15) is 38.7 Å². The van der Waals surface area contributed by atoms with Crippen molar-refractivity contribution in [1.29, 1.82) is 0 Å². The molecule has 0 bridgehead atoms. The first kappa shape index (κ1) is 16.5. The lowest BCUT2D eigenvalue weighted by atomic mass is 9.96. The van der Waals surface area contributed by atoms with E-state index in [0.717, 1.165) is 45.4 Å². The summed E-state index contributed by atoms with van der Waals surface area (Å²) in [5.41, 5.74) is 7.31. The Hall–Kier alpha value is -1.39. The average molecular weight is 315 g/mol. The molecule has 1 saturated carbocycles. The maximum atomic E-state index is 12.8. The number of amides is 1. The van der Waals surface area contributed by atoms with Crippen molar-refractivity contribution in [3.63, 3.8) is 0 Å². The van der Waals surface area contributed by atoms with Crippen molar-refractivity contribution < 1.29 is 4.79 Å². The number of nitrogens with zero attached hydrogens (tertiary/aromatic N) is 2. The Morgan fingerprint density at radius 1 is 1.22 bits per heavy atom. The fraction of sp³-hybridized carbons (Fsp3) is 0.632. The fourth-order valence-corrected chi connectivity index (χ4v) is 3.97. The topological polar surface area (TPSA) is 49.6 Å². The first-order chi connectivity index (χ1) is 11.0. The minimum absolute atomic E-state index is 0.00444. The molecule has 1 heterocycles. The van der Waals surface area contributed by atoms with E-state index in [1.807, 2.05) is 0 Å². The van der Waals surface area contributed by atoms with Crippen LogP contribution in [0.3, 0.4) is 0 Å². The van der Waals surface area contributed by atoms with Crippen molar-refractivity contribution in [2.24, 2.45) is 11.7 Å². The molecule has 2 fully saturated rings. The van der Waals surface area contributed by atoms with Crippen LogP contribution in [0.2, 0.25) is 0 Å². The van der Waals surface area contributed by atoms with E-state index in [9.17, 15) is 4.79 Å². The van der Waals surface area contributed by atoms with Crippen LogP contribution in [0, 0.1) is 5.92 Å². The van der Waals surface area contributed by atoms with Crippen LogP contribution >= 0.6 is 0 Å². The van der Waals surface area contributed by atoms with E-state index < -0.39 is 0 Å². The maximum Gasteiger partial charge on any atom is 0.225 e. The van der Waals surface area contributed by atoms with E-state index in [-0.39, 0.29) is 17.5 Å². The highest BCUT2D eigenvalue weighted by atomic mass is 16.2. The third-order valence-electron chi connectivity index (χ3n) is 5.42. The average Bonchev–Trinajstić information content (AvgIpc) is 2.96. The summed E-state index contributed by atoms with van der Waals surface area (Å²) in [6.45, 7) is 8.02. The van der Waals surface area contributed by atoms with Crippen LogP contribution in [0.15, 0.2) is 30.3 Å². The highest BCUT2D eigenvalue weighted by Gasteiger charge is 2.38. The Balaban J connectivity index is 1.62. The van der Waals surface area contributed by atoms with Gasteiger partial charge in [0.2, 0.25) is 5.91 Å². The van der Waals surface area contributed by atoms with Crippen LogP contribution in [-0.4, -0.2) is 46.9 Å². The van der Waals surface area contributed by atoms with Gasteiger partial charge >= 0.3 is 0 Å². The summed E-state index contributed by atoms with van der Waals surface area (Å²) in [5, 5.41) is 0. The Bertz CT molecular complexity index is 543. The molecule has 2 unspecified atom stereocenters. The normalized spacial score (nSPS) is 28.0. The molecule has 4 nitrogen and oxygen atoms in total. The van der Waals surface area contributed by atoms with Crippen molar-refractivity contribution >= 4 is 5.91 Å². The quantitative estimate of drug-likeness (QED) is 0.930. The standard InChI is InChI=1S/C19H29N3O/c1-19(2)14-21(18(23)16-8-9-17(20)12-16)10-11-22(19)13-15-6-4-3-5-7-15/h3-7,16-17H,8-14,20H2,1-2H3.